The summed E-state index contributed by atoms with van der Waals surface area (Å²) in [5, 5.41) is 1.52. The fourth-order valence-electron chi connectivity index (χ4n) is 5.94. The summed E-state index contributed by atoms with van der Waals surface area (Å²) in [6.07, 6.45) is 2.97. The van der Waals surface area contributed by atoms with Gasteiger partial charge in [-0.3, -0.25) is 14.6 Å². The minimum Gasteiger partial charge on any atom is -0.412 e. The normalized spacial score (nSPS) is 23.3. The molecule has 0 aliphatic carbocycles. The molecule has 0 radical (unpaired) electrons. The highest BCUT2D eigenvalue weighted by molar-refractivity contribution is 7.82. The quantitative estimate of drug-likeness (QED) is 0.479. The lowest BCUT2D eigenvalue weighted by atomic mass is 9.91. The number of aromatic nitrogens is 2. The van der Waals surface area contributed by atoms with Crippen molar-refractivity contribution in [1.82, 2.24) is 24.1 Å². The van der Waals surface area contributed by atoms with Crippen LogP contribution in [-0.2, 0) is 36.7 Å². The van der Waals surface area contributed by atoms with Gasteiger partial charge in [0.2, 0.25) is 11.8 Å². The van der Waals surface area contributed by atoms with Gasteiger partial charge in [-0.2, -0.15) is 0 Å². The van der Waals surface area contributed by atoms with Crippen molar-refractivity contribution in [3.8, 4) is 0 Å². The SMILES string of the molecule is CC(=O)N1CCC2(CC1)CN1C(=O)CN(S(=O)c3cc4cc(C)ccc4[nH]3)CC1(COCc1ccccn1)O2.O.[HH]. The summed E-state index contributed by atoms with van der Waals surface area (Å²) >= 11 is 0. The van der Waals surface area contributed by atoms with Crippen LogP contribution in [0.15, 0.2) is 53.7 Å². The molecule has 216 valence electrons. The summed E-state index contributed by atoms with van der Waals surface area (Å²) in [6, 6.07) is 13.5. The van der Waals surface area contributed by atoms with E-state index in [0.717, 1.165) is 22.2 Å². The van der Waals surface area contributed by atoms with E-state index in [1.807, 2.05) is 54.3 Å². The molecule has 2 unspecified atom stereocenters. The van der Waals surface area contributed by atoms with Crippen molar-refractivity contribution in [3.63, 3.8) is 0 Å². The van der Waals surface area contributed by atoms with Crippen LogP contribution in [0, 0.1) is 6.92 Å². The van der Waals surface area contributed by atoms with E-state index < -0.39 is 22.3 Å². The average Bonchev–Trinajstić information content (AvgIpc) is 3.48. The number of hydrogen-bond donors (Lipinski definition) is 1. The summed E-state index contributed by atoms with van der Waals surface area (Å²) in [5.41, 5.74) is 1.12. The van der Waals surface area contributed by atoms with Crippen molar-refractivity contribution < 1.29 is 30.2 Å². The molecule has 1 spiro atoms. The zero-order chi connectivity index (χ0) is 27.2. The maximum absolute atomic E-state index is 13.8. The second-order valence-electron chi connectivity index (χ2n) is 10.8. The highest BCUT2D eigenvalue weighted by Crippen LogP contribution is 2.43. The van der Waals surface area contributed by atoms with Crippen LogP contribution < -0.4 is 0 Å². The Morgan fingerprint density at radius 3 is 2.73 bits per heavy atom. The molecule has 2 atom stereocenters. The molecular formula is C28H37N5O6S. The summed E-state index contributed by atoms with van der Waals surface area (Å²) in [6.45, 7) is 5.81. The lowest BCUT2D eigenvalue weighted by Crippen LogP contribution is -2.64. The molecule has 3 N–H and O–H groups in total. The summed E-state index contributed by atoms with van der Waals surface area (Å²) < 4.78 is 28.4. The van der Waals surface area contributed by atoms with Gasteiger partial charge in [0.1, 0.15) is 16.0 Å². The van der Waals surface area contributed by atoms with Gasteiger partial charge in [-0.1, -0.05) is 17.7 Å². The van der Waals surface area contributed by atoms with E-state index in [0.29, 0.717) is 37.5 Å². The minimum absolute atomic E-state index is 0. The molecule has 1 aromatic carbocycles. The lowest BCUT2D eigenvalue weighted by molar-refractivity contribution is -0.202. The number of piperazine rings is 1. The molecule has 6 rings (SSSR count). The van der Waals surface area contributed by atoms with Crippen molar-refractivity contribution in [2.45, 2.75) is 49.6 Å². The fourth-order valence-corrected chi connectivity index (χ4v) is 7.19. The predicted octanol–water partition coefficient (Wildman–Crippen LogP) is 1.78. The van der Waals surface area contributed by atoms with Gasteiger partial charge in [-0.25, -0.2) is 8.51 Å². The molecule has 3 aliphatic rings. The Labute approximate surface area is 236 Å². The van der Waals surface area contributed by atoms with Crippen LogP contribution in [0.3, 0.4) is 0 Å². The van der Waals surface area contributed by atoms with Crippen LogP contribution in [0.4, 0.5) is 0 Å². The molecule has 3 aliphatic heterocycles. The second kappa shape index (κ2) is 11.0. The number of nitrogens with one attached hydrogen (secondary N) is 1. The number of piperidine rings is 1. The highest BCUT2D eigenvalue weighted by Gasteiger charge is 2.60. The molecule has 3 fully saturated rings. The minimum atomic E-state index is -1.61. The number of carbonyl (C=O) groups excluding carboxylic acids is 2. The number of likely N-dealkylation sites (tertiary alicyclic amines) is 1. The third kappa shape index (κ3) is 5.29. The predicted molar refractivity (Wildman–Crippen MR) is 150 cm³/mol. The van der Waals surface area contributed by atoms with E-state index in [4.69, 9.17) is 9.47 Å². The van der Waals surface area contributed by atoms with Gasteiger partial charge in [-0.05, 0) is 50.1 Å². The van der Waals surface area contributed by atoms with Gasteiger partial charge in [0.15, 0.2) is 5.72 Å². The number of rotatable bonds is 6. The maximum Gasteiger partial charge on any atom is 0.240 e. The molecule has 40 heavy (non-hydrogen) atoms. The maximum atomic E-state index is 13.8. The van der Waals surface area contributed by atoms with Crippen molar-refractivity contribution in [2.75, 3.05) is 39.3 Å². The van der Waals surface area contributed by atoms with E-state index in [2.05, 4.69) is 9.97 Å². The van der Waals surface area contributed by atoms with E-state index in [1.165, 1.54) is 0 Å². The first-order valence-corrected chi connectivity index (χ1v) is 14.4. The van der Waals surface area contributed by atoms with Gasteiger partial charge in [-0.15, -0.1) is 0 Å². The Bertz CT molecular complexity index is 1430. The Morgan fingerprint density at radius 2 is 2.00 bits per heavy atom. The van der Waals surface area contributed by atoms with E-state index in [-0.39, 0.29) is 45.0 Å². The van der Waals surface area contributed by atoms with Crippen molar-refractivity contribution in [3.05, 3.63) is 59.9 Å². The Hall–Kier alpha value is -3.16. The smallest absolute Gasteiger partial charge is 0.240 e. The van der Waals surface area contributed by atoms with Gasteiger partial charge < -0.3 is 29.7 Å². The summed E-state index contributed by atoms with van der Waals surface area (Å²) in [5.74, 6) is -0.103. The number of nitrogens with zero attached hydrogens (tertiary/aromatic N) is 4. The Balaban J connectivity index is 0.00000194. The average molecular weight is 572 g/mol. The third-order valence-electron chi connectivity index (χ3n) is 7.98. The second-order valence-corrected chi connectivity index (χ2v) is 12.3. The number of pyridine rings is 1. The first-order valence-electron chi connectivity index (χ1n) is 13.3. The van der Waals surface area contributed by atoms with Gasteiger partial charge >= 0.3 is 0 Å². The largest absolute Gasteiger partial charge is 0.412 e. The van der Waals surface area contributed by atoms with Crippen molar-refractivity contribution >= 4 is 33.7 Å². The fraction of sp³-hybridized carbons (Fsp3) is 0.464. The molecular weight excluding hydrogens is 534 g/mol. The van der Waals surface area contributed by atoms with Gasteiger partial charge in [0, 0.05) is 38.5 Å². The van der Waals surface area contributed by atoms with Crippen LogP contribution in [0.1, 0.15) is 32.4 Å². The number of carbonyl (C=O) groups is 2. The number of hydrogen-bond acceptors (Lipinski definition) is 6. The van der Waals surface area contributed by atoms with Crippen LogP contribution >= 0.6 is 0 Å². The lowest BCUT2D eigenvalue weighted by Gasteiger charge is -2.44. The van der Waals surface area contributed by atoms with Crippen LogP contribution in [0.25, 0.3) is 10.9 Å². The molecule has 3 aromatic rings. The third-order valence-corrected chi connectivity index (χ3v) is 9.30. The molecule has 2 aromatic heterocycles. The number of fused-ring (bicyclic) bond motifs is 2. The summed E-state index contributed by atoms with van der Waals surface area (Å²) in [7, 11) is -1.61. The Kier molecular flexibility index (Phi) is 7.81. The standard InChI is InChI=1S/C28H33N5O5S.H2O.H2/c1-20-6-7-24-22(13-20)14-25(30-24)39(36)32-15-26(35)33-17-27(8-11-31(12-9-27)21(2)34)38-28(33,18-32)19-37-16-23-5-3-4-10-29-23;;/h3-7,10,13-14,30H,8-9,11-12,15-19H2,1-2H3;1H2;1H. The number of benzene rings is 1. The number of H-pyrrole nitrogens is 1. The van der Waals surface area contributed by atoms with Gasteiger partial charge in [0.25, 0.3) is 0 Å². The molecule has 2 amide bonds. The number of aromatic amines is 1. The Morgan fingerprint density at radius 1 is 1.20 bits per heavy atom. The zero-order valence-electron chi connectivity index (χ0n) is 22.7. The first kappa shape index (κ1) is 28.4. The first-order chi connectivity index (χ1) is 18.8. The van der Waals surface area contributed by atoms with Gasteiger partial charge in [0.05, 0.1) is 44.1 Å². The molecule has 0 bridgehead atoms. The topological polar surface area (TPSA) is 140 Å². The van der Waals surface area contributed by atoms with Crippen LogP contribution in [0.5, 0.6) is 0 Å². The summed E-state index contributed by atoms with van der Waals surface area (Å²) in [4.78, 5) is 36.7. The molecule has 5 heterocycles. The van der Waals surface area contributed by atoms with E-state index >= 15 is 0 Å². The van der Waals surface area contributed by atoms with Crippen LogP contribution in [-0.4, -0.2) is 96.2 Å². The van der Waals surface area contributed by atoms with Crippen LogP contribution in [0.2, 0.25) is 0 Å². The highest BCUT2D eigenvalue weighted by atomic mass is 32.2. The van der Waals surface area contributed by atoms with E-state index in [9.17, 15) is 13.8 Å². The number of ether oxygens (including phenoxy) is 2. The molecule has 12 heteroatoms. The number of amides is 2. The molecule has 11 nitrogen and oxygen atoms in total. The zero-order valence-corrected chi connectivity index (χ0v) is 23.5. The molecule has 0 saturated carbocycles. The monoisotopic (exact) mass is 571 g/mol. The van der Waals surface area contributed by atoms with Crippen molar-refractivity contribution in [2.24, 2.45) is 0 Å². The van der Waals surface area contributed by atoms with Crippen molar-refractivity contribution in [1.29, 1.82) is 0 Å². The van der Waals surface area contributed by atoms with E-state index in [1.54, 1.807) is 22.3 Å². The molecule has 3 saturated heterocycles. The number of aryl methyl sites for hydroxylation is 1.